The molecule has 0 aliphatic heterocycles. The Kier molecular flexibility index (Phi) is 5.04. The van der Waals surface area contributed by atoms with Gasteiger partial charge >= 0.3 is 0 Å². The maximum Gasteiger partial charge on any atom is 0.262 e. The highest BCUT2D eigenvalue weighted by Crippen LogP contribution is 2.23. The van der Waals surface area contributed by atoms with Crippen LogP contribution in [0, 0.1) is 12.7 Å². The van der Waals surface area contributed by atoms with Crippen LogP contribution in [0.25, 0.3) is 0 Å². The van der Waals surface area contributed by atoms with E-state index in [-0.39, 0.29) is 17.5 Å². The summed E-state index contributed by atoms with van der Waals surface area (Å²) in [6, 6.07) is 9.17. The monoisotopic (exact) mass is 327 g/mol. The van der Waals surface area contributed by atoms with Crippen LogP contribution in [0.3, 0.4) is 0 Å². The Morgan fingerprint density at radius 1 is 1.19 bits per heavy atom. The lowest BCUT2D eigenvalue weighted by molar-refractivity contribution is -0.118. The van der Waals surface area contributed by atoms with Crippen molar-refractivity contribution >= 4 is 34.8 Å². The minimum Gasteiger partial charge on any atom is -0.484 e. The molecule has 0 saturated carbocycles. The second-order valence-electron chi connectivity index (χ2n) is 4.40. The van der Waals surface area contributed by atoms with Crippen molar-refractivity contribution in [2.24, 2.45) is 0 Å². The van der Waals surface area contributed by atoms with Crippen LogP contribution >= 0.6 is 23.2 Å². The molecule has 1 N–H and O–H groups in total. The quantitative estimate of drug-likeness (QED) is 0.900. The first-order valence-electron chi connectivity index (χ1n) is 6.09. The molecule has 21 heavy (non-hydrogen) atoms. The smallest absolute Gasteiger partial charge is 0.262 e. The summed E-state index contributed by atoms with van der Waals surface area (Å²) in [6.45, 7) is 1.67. The first kappa shape index (κ1) is 15.6. The fourth-order valence-corrected chi connectivity index (χ4v) is 2.08. The van der Waals surface area contributed by atoms with Crippen LogP contribution < -0.4 is 10.1 Å². The summed E-state index contributed by atoms with van der Waals surface area (Å²) in [5, 5.41) is 3.02. The van der Waals surface area contributed by atoms with E-state index in [0.717, 1.165) is 5.56 Å². The number of hydrogen-bond donors (Lipinski definition) is 1. The molecule has 0 radical (unpaired) electrons. The van der Waals surface area contributed by atoms with Gasteiger partial charge in [0, 0.05) is 6.07 Å². The molecular formula is C15H12Cl2FNO2. The molecule has 2 rings (SSSR count). The van der Waals surface area contributed by atoms with E-state index in [1.165, 1.54) is 18.2 Å². The van der Waals surface area contributed by atoms with Gasteiger partial charge in [-0.25, -0.2) is 4.39 Å². The molecule has 110 valence electrons. The van der Waals surface area contributed by atoms with Crippen LogP contribution in [-0.4, -0.2) is 12.5 Å². The normalized spacial score (nSPS) is 10.3. The number of amides is 1. The van der Waals surface area contributed by atoms with Gasteiger partial charge in [-0.15, -0.1) is 0 Å². The van der Waals surface area contributed by atoms with Crippen molar-refractivity contribution in [2.45, 2.75) is 6.92 Å². The van der Waals surface area contributed by atoms with Gasteiger partial charge < -0.3 is 10.1 Å². The average Bonchev–Trinajstić information content (AvgIpc) is 2.43. The van der Waals surface area contributed by atoms with Crippen molar-refractivity contribution in [3.8, 4) is 5.75 Å². The van der Waals surface area contributed by atoms with E-state index < -0.39 is 5.82 Å². The topological polar surface area (TPSA) is 38.3 Å². The van der Waals surface area contributed by atoms with Crippen molar-refractivity contribution in [1.82, 2.24) is 0 Å². The van der Waals surface area contributed by atoms with Gasteiger partial charge in [0.1, 0.15) is 11.6 Å². The summed E-state index contributed by atoms with van der Waals surface area (Å²) in [7, 11) is 0. The summed E-state index contributed by atoms with van der Waals surface area (Å²) in [5.74, 6) is -0.604. The second kappa shape index (κ2) is 6.78. The van der Waals surface area contributed by atoms with Crippen LogP contribution in [0.1, 0.15) is 5.56 Å². The molecule has 0 spiro atoms. The highest BCUT2D eigenvalue weighted by molar-refractivity contribution is 6.33. The van der Waals surface area contributed by atoms with Crippen molar-refractivity contribution in [3.63, 3.8) is 0 Å². The largest absolute Gasteiger partial charge is 0.484 e. The molecule has 0 heterocycles. The highest BCUT2D eigenvalue weighted by atomic mass is 35.5. The van der Waals surface area contributed by atoms with Crippen LogP contribution in [0.15, 0.2) is 36.4 Å². The maximum atomic E-state index is 13.0. The number of benzene rings is 2. The molecule has 0 fully saturated rings. The van der Waals surface area contributed by atoms with E-state index in [1.807, 2.05) is 13.0 Å². The standard InChI is InChI=1S/C15H12Cl2FNO2/c1-9-2-5-14(12(17)6-9)19-15(20)8-21-10-3-4-13(18)11(16)7-10/h2-7H,8H2,1H3,(H,19,20). The van der Waals surface area contributed by atoms with Crippen molar-refractivity contribution in [1.29, 1.82) is 0 Å². The van der Waals surface area contributed by atoms with Gasteiger partial charge in [-0.2, -0.15) is 0 Å². The number of aryl methyl sites for hydroxylation is 1. The van der Waals surface area contributed by atoms with E-state index in [2.05, 4.69) is 5.32 Å². The van der Waals surface area contributed by atoms with E-state index in [9.17, 15) is 9.18 Å². The fourth-order valence-electron chi connectivity index (χ4n) is 1.62. The summed E-state index contributed by atoms with van der Waals surface area (Å²) in [5.41, 5.74) is 1.50. The summed E-state index contributed by atoms with van der Waals surface area (Å²) < 4.78 is 18.2. The van der Waals surface area contributed by atoms with E-state index >= 15 is 0 Å². The zero-order valence-corrected chi connectivity index (χ0v) is 12.6. The second-order valence-corrected chi connectivity index (χ2v) is 5.21. The number of ether oxygens (including phenoxy) is 1. The van der Waals surface area contributed by atoms with E-state index in [1.54, 1.807) is 12.1 Å². The number of halogens is 3. The lowest BCUT2D eigenvalue weighted by Crippen LogP contribution is -2.20. The zero-order valence-electron chi connectivity index (χ0n) is 11.1. The van der Waals surface area contributed by atoms with Gasteiger partial charge in [-0.1, -0.05) is 29.3 Å². The van der Waals surface area contributed by atoms with Crippen LogP contribution in [0.2, 0.25) is 10.0 Å². The molecule has 2 aromatic carbocycles. The highest BCUT2D eigenvalue weighted by Gasteiger charge is 2.08. The number of carbonyl (C=O) groups is 1. The van der Waals surface area contributed by atoms with Gasteiger partial charge in [0.25, 0.3) is 5.91 Å². The molecule has 0 aromatic heterocycles. The third-order valence-electron chi connectivity index (χ3n) is 2.66. The van der Waals surface area contributed by atoms with Gasteiger partial charge in [-0.05, 0) is 36.8 Å². The Morgan fingerprint density at radius 2 is 1.95 bits per heavy atom. The number of rotatable bonds is 4. The molecule has 0 unspecified atom stereocenters. The average molecular weight is 328 g/mol. The SMILES string of the molecule is Cc1ccc(NC(=O)COc2ccc(F)c(Cl)c2)c(Cl)c1. The van der Waals surface area contributed by atoms with Crippen LogP contribution in [-0.2, 0) is 4.79 Å². The minimum absolute atomic E-state index is 0.0607. The Hall–Kier alpha value is -1.78. The third kappa shape index (κ3) is 4.34. The summed E-state index contributed by atoms with van der Waals surface area (Å²) in [4.78, 5) is 11.8. The molecule has 3 nitrogen and oxygen atoms in total. The van der Waals surface area contributed by atoms with Crippen molar-refractivity contribution < 1.29 is 13.9 Å². The van der Waals surface area contributed by atoms with Gasteiger partial charge in [0.15, 0.2) is 6.61 Å². The van der Waals surface area contributed by atoms with Gasteiger partial charge in [-0.3, -0.25) is 4.79 Å². The number of hydrogen-bond acceptors (Lipinski definition) is 2. The first-order chi connectivity index (χ1) is 9.95. The van der Waals surface area contributed by atoms with Crippen molar-refractivity contribution in [2.75, 3.05) is 11.9 Å². The minimum atomic E-state index is -0.542. The van der Waals surface area contributed by atoms with Crippen molar-refractivity contribution in [3.05, 3.63) is 57.8 Å². The molecule has 0 aliphatic carbocycles. The Bertz CT molecular complexity index is 677. The van der Waals surface area contributed by atoms with E-state index in [0.29, 0.717) is 16.5 Å². The molecule has 0 bridgehead atoms. The number of carbonyl (C=O) groups excluding carboxylic acids is 1. The third-order valence-corrected chi connectivity index (χ3v) is 3.26. The molecule has 6 heteroatoms. The maximum absolute atomic E-state index is 13.0. The summed E-state index contributed by atoms with van der Waals surface area (Å²) in [6.07, 6.45) is 0. The molecule has 1 amide bonds. The Labute approximate surface area is 131 Å². The zero-order chi connectivity index (χ0) is 15.4. The molecule has 0 atom stereocenters. The molecule has 2 aromatic rings. The molecular weight excluding hydrogens is 316 g/mol. The lowest BCUT2D eigenvalue weighted by atomic mass is 10.2. The first-order valence-corrected chi connectivity index (χ1v) is 6.85. The predicted molar refractivity (Wildman–Crippen MR) is 81.7 cm³/mol. The molecule has 0 aliphatic rings. The lowest BCUT2D eigenvalue weighted by Gasteiger charge is -2.09. The van der Waals surface area contributed by atoms with Gasteiger partial charge in [0.2, 0.25) is 0 Å². The summed E-state index contributed by atoms with van der Waals surface area (Å²) >= 11 is 11.6. The Morgan fingerprint density at radius 3 is 2.62 bits per heavy atom. The number of nitrogens with one attached hydrogen (secondary N) is 1. The van der Waals surface area contributed by atoms with Gasteiger partial charge in [0.05, 0.1) is 15.7 Å². The van der Waals surface area contributed by atoms with Crippen LogP contribution in [0.5, 0.6) is 5.75 Å². The fraction of sp³-hybridized carbons (Fsp3) is 0.133. The Balaban J connectivity index is 1.94. The predicted octanol–water partition coefficient (Wildman–Crippen LogP) is 4.46. The number of anilines is 1. The van der Waals surface area contributed by atoms with E-state index in [4.69, 9.17) is 27.9 Å². The van der Waals surface area contributed by atoms with Crippen LogP contribution in [0.4, 0.5) is 10.1 Å². The molecule has 0 saturated heterocycles.